The Morgan fingerprint density at radius 1 is 1.10 bits per heavy atom. The molecule has 3 rings (SSSR count). The predicted octanol–water partition coefficient (Wildman–Crippen LogP) is 3.35. The minimum absolute atomic E-state index is 0.560. The third-order valence-electron chi connectivity index (χ3n) is 4.02. The van der Waals surface area contributed by atoms with Crippen LogP contribution in [0.2, 0.25) is 0 Å². The molecule has 20 heavy (non-hydrogen) atoms. The predicted molar refractivity (Wildman–Crippen MR) is 85.9 cm³/mol. The van der Waals surface area contributed by atoms with E-state index in [4.69, 9.17) is 6.42 Å². The average molecular weight is 264 g/mol. The van der Waals surface area contributed by atoms with Crippen LogP contribution < -0.4 is 5.32 Å². The van der Waals surface area contributed by atoms with E-state index in [2.05, 4.69) is 58.6 Å². The number of rotatable bonds is 3. The Balaban J connectivity index is 1.64. The number of nitrogens with one attached hydrogen (secondary N) is 1. The molecule has 0 aliphatic carbocycles. The molecule has 0 spiro atoms. The van der Waals surface area contributed by atoms with E-state index >= 15 is 0 Å². The number of likely N-dealkylation sites (tertiary alicyclic amines) is 1. The van der Waals surface area contributed by atoms with E-state index < -0.39 is 0 Å². The quantitative estimate of drug-likeness (QED) is 0.855. The maximum absolute atomic E-state index is 5.36. The first kappa shape index (κ1) is 13.0. The zero-order valence-electron chi connectivity index (χ0n) is 11.7. The van der Waals surface area contributed by atoms with E-state index in [1.54, 1.807) is 0 Å². The standard InChI is InChI=1S/C18H20N2/c1-2-11-20-12-9-17(10-13-20)19-18-8-7-15-5-3-4-6-16(15)14-18/h1,3-8,14,17,19H,9-13H2. The molecule has 1 aliphatic rings. The van der Waals surface area contributed by atoms with Gasteiger partial charge >= 0.3 is 0 Å². The lowest BCUT2D eigenvalue weighted by Gasteiger charge is -2.31. The summed E-state index contributed by atoms with van der Waals surface area (Å²) in [5.41, 5.74) is 1.22. The summed E-state index contributed by atoms with van der Waals surface area (Å²) in [6.07, 6.45) is 7.69. The number of terminal acetylenes is 1. The van der Waals surface area contributed by atoms with Gasteiger partial charge in [-0.25, -0.2) is 0 Å². The smallest absolute Gasteiger partial charge is 0.0598 e. The van der Waals surface area contributed by atoms with Gasteiger partial charge in [0.05, 0.1) is 6.54 Å². The minimum Gasteiger partial charge on any atom is -0.382 e. The van der Waals surface area contributed by atoms with Gasteiger partial charge in [-0.15, -0.1) is 6.42 Å². The van der Waals surface area contributed by atoms with Gasteiger partial charge in [-0.05, 0) is 35.7 Å². The number of hydrogen-bond acceptors (Lipinski definition) is 2. The number of benzene rings is 2. The maximum atomic E-state index is 5.36. The van der Waals surface area contributed by atoms with E-state index in [0.29, 0.717) is 6.04 Å². The van der Waals surface area contributed by atoms with Crippen LogP contribution in [-0.4, -0.2) is 30.6 Å². The Hall–Kier alpha value is -1.98. The molecule has 0 unspecified atom stereocenters. The molecule has 2 nitrogen and oxygen atoms in total. The van der Waals surface area contributed by atoms with E-state index in [1.807, 2.05) is 0 Å². The molecule has 1 N–H and O–H groups in total. The zero-order valence-corrected chi connectivity index (χ0v) is 11.7. The van der Waals surface area contributed by atoms with Crippen molar-refractivity contribution in [2.24, 2.45) is 0 Å². The summed E-state index contributed by atoms with van der Waals surface area (Å²) in [5, 5.41) is 6.24. The van der Waals surface area contributed by atoms with Gasteiger partial charge in [0, 0.05) is 24.8 Å². The second-order valence-electron chi connectivity index (χ2n) is 5.46. The van der Waals surface area contributed by atoms with Gasteiger partial charge in [-0.1, -0.05) is 36.3 Å². The Morgan fingerprint density at radius 2 is 1.85 bits per heavy atom. The summed E-state index contributed by atoms with van der Waals surface area (Å²) < 4.78 is 0. The van der Waals surface area contributed by atoms with Crippen LogP contribution in [0.25, 0.3) is 10.8 Å². The van der Waals surface area contributed by atoms with Crippen LogP contribution in [0.1, 0.15) is 12.8 Å². The highest BCUT2D eigenvalue weighted by molar-refractivity contribution is 5.85. The van der Waals surface area contributed by atoms with E-state index in [0.717, 1.165) is 32.5 Å². The van der Waals surface area contributed by atoms with E-state index in [1.165, 1.54) is 16.5 Å². The van der Waals surface area contributed by atoms with Gasteiger partial charge in [-0.2, -0.15) is 0 Å². The van der Waals surface area contributed by atoms with Crippen LogP contribution in [-0.2, 0) is 0 Å². The van der Waals surface area contributed by atoms with Crippen LogP contribution in [0.4, 0.5) is 5.69 Å². The van der Waals surface area contributed by atoms with Crippen molar-refractivity contribution < 1.29 is 0 Å². The number of nitrogens with zero attached hydrogens (tertiary/aromatic N) is 1. The lowest BCUT2D eigenvalue weighted by atomic mass is 10.0. The molecule has 2 aromatic rings. The molecule has 1 heterocycles. The van der Waals surface area contributed by atoms with Gasteiger partial charge in [-0.3, -0.25) is 4.90 Å². The first-order valence-corrected chi connectivity index (χ1v) is 7.26. The minimum atomic E-state index is 0.560. The van der Waals surface area contributed by atoms with E-state index in [-0.39, 0.29) is 0 Å². The van der Waals surface area contributed by atoms with Crippen LogP contribution >= 0.6 is 0 Å². The molecule has 102 valence electrons. The molecule has 2 heteroatoms. The molecule has 0 amide bonds. The second kappa shape index (κ2) is 5.98. The molecule has 0 saturated carbocycles. The lowest BCUT2D eigenvalue weighted by molar-refractivity contribution is 0.243. The molecule has 1 aliphatic heterocycles. The molecule has 1 fully saturated rings. The van der Waals surface area contributed by atoms with Crippen molar-refractivity contribution in [2.45, 2.75) is 18.9 Å². The zero-order chi connectivity index (χ0) is 13.8. The summed E-state index contributed by atoms with van der Waals surface area (Å²) in [5.74, 6) is 2.73. The van der Waals surface area contributed by atoms with Gasteiger partial charge in [0.1, 0.15) is 0 Å². The van der Waals surface area contributed by atoms with Gasteiger partial charge < -0.3 is 5.32 Å². The number of piperidine rings is 1. The van der Waals surface area contributed by atoms with Crippen molar-refractivity contribution in [3.63, 3.8) is 0 Å². The van der Waals surface area contributed by atoms with Crippen LogP contribution in [0.5, 0.6) is 0 Å². The molecule has 0 aromatic heterocycles. The van der Waals surface area contributed by atoms with Crippen molar-refractivity contribution in [2.75, 3.05) is 25.0 Å². The third kappa shape index (κ3) is 2.95. The molecule has 2 aromatic carbocycles. The van der Waals surface area contributed by atoms with Crippen molar-refractivity contribution in [1.29, 1.82) is 0 Å². The Morgan fingerprint density at radius 3 is 2.60 bits per heavy atom. The van der Waals surface area contributed by atoms with E-state index in [9.17, 15) is 0 Å². The summed E-state index contributed by atoms with van der Waals surface area (Å²) in [6, 6.07) is 15.6. The largest absolute Gasteiger partial charge is 0.382 e. The summed E-state index contributed by atoms with van der Waals surface area (Å²) in [4.78, 5) is 2.35. The van der Waals surface area contributed by atoms with Gasteiger partial charge in [0.2, 0.25) is 0 Å². The maximum Gasteiger partial charge on any atom is 0.0598 e. The second-order valence-corrected chi connectivity index (χ2v) is 5.46. The highest BCUT2D eigenvalue weighted by Gasteiger charge is 2.18. The summed E-state index contributed by atoms with van der Waals surface area (Å²) in [7, 11) is 0. The third-order valence-corrected chi connectivity index (χ3v) is 4.02. The molecule has 0 bridgehead atoms. The van der Waals surface area contributed by atoms with Crippen LogP contribution in [0.3, 0.4) is 0 Å². The summed E-state index contributed by atoms with van der Waals surface area (Å²) >= 11 is 0. The number of hydrogen-bond donors (Lipinski definition) is 1. The Bertz CT molecular complexity index is 619. The fourth-order valence-electron chi connectivity index (χ4n) is 2.88. The topological polar surface area (TPSA) is 15.3 Å². The van der Waals surface area contributed by atoms with Gasteiger partial charge in [0.15, 0.2) is 0 Å². The monoisotopic (exact) mass is 264 g/mol. The normalized spacial score (nSPS) is 16.9. The van der Waals surface area contributed by atoms with Crippen molar-refractivity contribution >= 4 is 16.5 Å². The van der Waals surface area contributed by atoms with Crippen molar-refractivity contribution in [1.82, 2.24) is 4.90 Å². The molecule has 0 radical (unpaired) electrons. The Labute approximate surface area is 120 Å². The number of fused-ring (bicyclic) bond motifs is 1. The van der Waals surface area contributed by atoms with Gasteiger partial charge in [0.25, 0.3) is 0 Å². The molecular weight excluding hydrogens is 244 g/mol. The highest BCUT2D eigenvalue weighted by atomic mass is 15.1. The van der Waals surface area contributed by atoms with Crippen LogP contribution in [0, 0.1) is 12.3 Å². The number of anilines is 1. The lowest BCUT2D eigenvalue weighted by Crippen LogP contribution is -2.39. The first-order valence-electron chi connectivity index (χ1n) is 7.26. The van der Waals surface area contributed by atoms with Crippen LogP contribution in [0.15, 0.2) is 42.5 Å². The molecule has 1 saturated heterocycles. The molecular formula is C18H20N2. The highest BCUT2D eigenvalue weighted by Crippen LogP contribution is 2.21. The van der Waals surface area contributed by atoms with Crippen molar-refractivity contribution in [3.05, 3.63) is 42.5 Å². The fourth-order valence-corrected chi connectivity index (χ4v) is 2.88. The SMILES string of the molecule is C#CCN1CCC(Nc2ccc3ccccc3c2)CC1. The average Bonchev–Trinajstić information content (AvgIpc) is 2.49. The fraction of sp³-hybridized carbons (Fsp3) is 0.333. The Kier molecular flexibility index (Phi) is 3.90. The van der Waals surface area contributed by atoms with Crippen molar-refractivity contribution in [3.8, 4) is 12.3 Å². The molecule has 0 atom stereocenters. The summed E-state index contributed by atoms with van der Waals surface area (Å²) in [6.45, 7) is 2.97. The first-order chi connectivity index (χ1) is 9.85.